The van der Waals surface area contributed by atoms with Crippen LogP contribution in [0.2, 0.25) is 0 Å². The fourth-order valence-electron chi connectivity index (χ4n) is 3.00. The van der Waals surface area contributed by atoms with Gasteiger partial charge < -0.3 is 30.0 Å². The first kappa shape index (κ1) is 22.5. The molecule has 0 fully saturated rings. The molecular formula is C17H19N4NaO6. The van der Waals surface area contributed by atoms with E-state index in [-0.39, 0.29) is 29.6 Å². The van der Waals surface area contributed by atoms with Crippen LogP contribution in [0.4, 0.5) is 0 Å². The minimum absolute atomic E-state index is 0. The van der Waals surface area contributed by atoms with Crippen molar-refractivity contribution < 1.29 is 59.5 Å². The van der Waals surface area contributed by atoms with Gasteiger partial charge in [-0.3, -0.25) is 4.98 Å². The summed E-state index contributed by atoms with van der Waals surface area (Å²) in [7, 11) is 0. The van der Waals surface area contributed by atoms with Gasteiger partial charge in [-0.05, 0) is 18.2 Å². The molecule has 0 amide bonds. The Labute approximate surface area is 182 Å². The van der Waals surface area contributed by atoms with Crippen LogP contribution in [0.1, 0.15) is 13.0 Å². The van der Waals surface area contributed by atoms with Gasteiger partial charge in [0.1, 0.15) is 35.7 Å². The van der Waals surface area contributed by atoms with Gasteiger partial charge >= 0.3 is 29.6 Å². The van der Waals surface area contributed by atoms with Crippen LogP contribution in [0.3, 0.4) is 0 Å². The van der Waals surface area contributed by atoms with Gasteiger partial charge in [0.2, 0.25) is 0 Å². The third-order valence-electron chi connectivity index (χ3n) is 4.53. The molecule has 144 valence electrons. The molecule has 10 nitrogen and oxygen atoms in total. The van der Waals surface area contributed by atoms with Gasteiger partial charge in [-0.2, -0.15) is 0 Å². The number of carboxylic acids is 1. The molecule has 11 heteroatoms. The van der Waals surface area contributed by atoms with Gasteiger partial charge in [0.15, 0.2) is 0 Å². The number of rotatable bonds is 6. The second kappa shape index (κ2) is 9.59. The Morgan fingerprint density at radius 1 is 1.43 bits per heavy atom. The van der Waals surface area contributed by atoms with Crippen molar-refractivity contribution in [1.29, 1.82) is 0 Å². The zero-order chi connectivity index (χ0) is 19.6. The SMILES string of the molecule is C[C@H]1[C@H]([C@H](O)[C@H](O)CO)OC(C(=O)[O-])=C[C@@H]1n1cc(-c2cccnc2)nn1.[Na+]. The van der Waals surface area contributed by atoms with Gasteiger partial charge in [0.05, 0.1) is 18.8 Å². The van der Waals surface area contributed by atoms with Crippen molar-refractivity contribution in [3.8, 4) is 11.3 Å². The number of carbonyl (C=O) groups is 1. The standard InChI is InChI=1S/C17H20N4O6.Na/c1-9-12(21-7-11(19-20-21)10-3-2-4-18-6-10)5-14(17(25)26)27-16(9)15(24)13(23)8-22;/h2-7,9,12-13,15-16,22-24H,8H2,1H3,(H,25,26);/q;+1/p-1/t9-,12+,13-,15-,16-;/m1./s1. The summed E-state index contributed by atoms with van der Waals surface area (Å²) in [6.07, 6.45) is 2.10. The molecule has 0 aromatic carbocycles. The molecule has 0 saturated carbocycles. The average Bonchev–Trinajstić information content (AvgIpc) is 3.17. The van der Waals surface area contributed by atoms with Gasteiger partial charge in [-0.25, -0.2) is 4.68 Å². The van der Waals surface area contributed by atoms with Crippen LogP contribution < -0.4 is 34.7 Å². The molecule has 5 atom stereocenters. The number of hydrogen-bond donors (Lipinski definition) is 3. The molecule has 1 aliphatic rings. The third-order valence-corrected chi connectivity index (χ3v) is 4.53. The van der Waals surface area contributed by atoms with Crippen molar-refractivity contribution in [3.63, 3.8) is 0 Å². The number of carbonyl (C=O) groups excluding carboxylic acids is 1. The number of hydrogen-bond acceptors (Lipinski definition) is 9. The quantitative estimate of drug-likeness (QED) is 0.407. The van der Waals surface area contributed by atoms with E-state index < -0.39 is 48.6 Å². The number of ether oxygens (including phenoxy) is 1. The van der Waals surface area contributed by atoms with E-state index in [4.69, 9.17) is 9.84 Å². The Kier molecular flexibility index (Phi) is 7.70. The van der Waals surface area contributed by atoms with Crippen molar-refractivity contribution in [2.75, 3.05) is 6.61 Å². The summed E-state index contributed by atoms with van der Waals surface area (Å²) < 4.78 is 6.74. The van der Waals surface area contributed by atoms with Crippen LogP contribution in [-0.2, 0) is 9.53 Å². The molecule has 2 aromatic rings. The number of aliphatic carboxylic acids is 1. The Morgan fingerprint density at radius 2 is 2.18 bits per heavy atom. The monoisotopic (exact) mass is 398 g/mol. The van der Waals surface area contributed by atoms with E-state index in [1.165, 1.54) is 10.8 Å². The van der Waals surface area contributed by atoms with E-state index in [1.807, 2.05) is 0 Å². The number of aromatic nitrogens is 4. The normalized spacial score (nSPS) is 23.7. The number of aliphatic hydroxyl groups excluding tert-OH is 3. The molecule has 0 saturated heterocycles. The predicted octanol–water partition coefficient (Wildman–Crippen LogP) is -4.73. The molecule has 2 aromatic heterocycles. The van der Waals surface area contributed by atoms with E-state index >= 15 is 0 Å². The van der Waals surface area contributed by atoms with E-state index in [0.717, 1.165) is 5.56 Å². The average molecular weight is 398 g/mol. The minimum atomic E-state index is -1.56. The Morgan fingerprint density at radius 3 is 2.79 bits per heavy atom. The second-order valence-corrected chi connectivity index (χ2v) is 6.32. The molecule has 3 heterocycles. The van der Waals surface area contributed by atoms with E-state index in [2.05, 4.69) is 15.3 Å². The van der Waals surface area contributed by atoms with Crippen LogP contribution in [0, 0.1) is 5.92 Å². The predicted molar refractivity (Wildman–Crippen MR) is 88.5 cm³/mol. The molecule has 0 radical (unpaired) electrons. The molecule has 0 spiro atoms. The van der Waals surface area contributed by atoms with Gasteiger partial charge in [0, 0.05) is 23.9 Å². The van der Waals surface area contributed by atoms with Crippen LogP contribution in [0.5, 0.6) is 0 Å². The van der Waals surface area contributed by atoms with Gasteiger partial charge in [-0.1, -0.05) is 12.1 Å². The van der Waals surface area contributed by atoms with Crippen LogP contribution >= 0.6 is 0 Å². The number of allylic oxidation sites excluding steroid dienone is 1. The Hall–Kier alpha value is -1.82. The summed E-state index contributed by atoms with van der Waals surface area (Å²) in [5, 5.41) is 48.5. The molecule has 3 N–H and O–H groups in total. The zero-order valence-electron chi connectivity index (χ0n) is 15.4. The summed E-state index contributed by atoms with van der Waals surface area (Å²) in [5.41, 5.74) is 1.28. The van der Waals surface area contributed by atoms with E-state index in [9.17, 15) is 20.1 Å². The third kappa shape index (κ3) is 4.59. The summed E-state index contributed by atoms with van der Waals surface area (Å²) in [5.74, 6) is -2.53. The molecule has 28 heavy (non-hydrogen) atoms. The van der Waals surface area contributed by atoms with Crippen molar-refractivity contribution in [2.24, 2.45) is 5.92 Å². The number of nitrogens with zero attached hydrogens (tertiary/aromatic N) is 4. The van der Waals surface area contributed by atoms with Gasteiger partial charge in [0.25, 0.3) is 0 Å². The van der Waals surface area contributed by atoms with Crippen molar-refractivity contribution in [3.05, 3.63) is 42.6 Å². The van der Waals surface area contributed by atoms with Crippen LogP contribution in [0.25, 0.3) is 11.3 Å². The summed E-state index contributed by atoms with van der Waals surface area (Å²) in [6, 6.07) is 2.93. The maximum Gasteiger partial charge on any atom is 1.00 e. The fourth-order valence-corrected chi connectivity index (χ4v) is 3.00. The van der Waals surface area contributed by atoms with Crippen molar-refractivity contribution >= 4 is 5.97 Å². The summed E-state index contributed by atoms with van der Waals surface area (Å²) in [6.45, 7) is 1.01. The molecular weight excluding hydrogens is 379 g/mol. The molecule has 3 rings (SSSR count). The first-order valence-electron chi connectivity index (χ1n) is 8.31. The molecule has 0 unspecified atom stereocenters. The van der Waals surface area contributed by atoms with Crippen molar-refractivity contribution in [1.82, 2.24) is 20.0 Å². The van der Waals surface area contributed by atoms with E-state index in [0.29, 0.717) is 5.69 Å². The fraction of sp³-hybridized carbons (Fsp3) is 0.412. The summed E-state index contributed by atoms with van der Waals surface area (Å²) >= 11 is 0. The topological polar surface area (TPSA) is 154 Å². The summed E-state index contributed by atoms with van der Waals surface area (Å²) in [4.78, 5) is 15.3. The first-order chi connectivity index (χ1) is 12.9. The smallest absolute Gasteiger partial charge is 0.542 e. The Bertz CT molecular complexity index is 830. The molecule has 0 aliphatic carbocycles. The Balaban J connectivity index is 0.00000280. The maximum absolute atomic E-state index is 11.3. The number of carboxylic acid groups (broad SMARTS) is 1. The van der Waals surface area contributed by atoms with Crippen LogP contribution in [0.15, 0.2) is 42.6 Å². The second-order valence-electron chi connectivity index (χ2n) is 6.32. The van der Waals surface area contributed by atoms with Crippen LogP contribution in [-0.4, -0.2) is 66.2 Å². The van der Waals surface area contributed by atoms with Gasteiger partial charge in [-0.15, -0.1) is 5.10 Å². The molecule has 1 aliphatic heterocycles. The zero-order valence-corrected chi connectivity index (χ0v) is 17.4. The first-order valence-corrected chi connectivity index (χ1v) is 8.31. The maximum atomic E-state index is 11.3. The van der Waals surface area contributed by atoms with Crippen molar-refractivity contribution in [2.45, 2.75) is 31.3 Å². The van der Waals surface area contributed by atoms with E-state index in [1.54, 1.807) is 37.6 Å². The largest absolute Gasteiger partial charge is 1.00 e. The minimum Gasteiger partial charge on any atom is -0.542 e. The molecule has 0 bridgehead atoms. The number of aliphatic hydroxyl groups is 3. The number of pyridine rings is 1.